The first-order valence-electron chi connectivity index (χ1n) is 7.09. The van der Waals surface area contributed by atoms with Gasteiger partial charge < -0.3 is 0 Å². The maximum Gasteiger partial charge on any atom is 0.343 e. The van der Waals surface area contributed by atoms with Crippen molar-refractivity contribution in [2.75, 3.05) is 0 Å². The lowest BCUT2D eigenvalue weighted by Gasteiger charge is -2.36. The van der Waals surface area contributed by atoms with Gasteiger partial charge in [0.05, 0.1) is 6.07 Å². The van der Waals surface area contributed by atoms with Crippen molar-refractivity contribution in [3.05, 3.63) is 10.5 Å². The largest absolute Gasteiger partial charge is 0.343 e. The molecule has 0 saturated heterocycles. The molecule has 20 heavy (non-hydrogen) atoms. The highest BCUT2D eigenvalue weighted by atomic mass is 32.2. The van der Waals surface area contributed by atoms with Gasteiger partial charge in [-0.3, -0.25) is 9.88 Å². The molecule has 1 aromatic rings. The quantitative estimate of drug-likeness (QED) is 0.870. The van der Waals surface area contributed by atoms with Gasteiger partial charge in [0.25, 0.3) is 0 Å². The summed E-state index contributed by atoms with van der Waals surface area (Å²) in [4.78, 5) is 11.4. The lowest BCUT2D eigenvalue weighted by Crippen LogP contribution is -2.49. The van der Waals surface area contributed by atoms with Crippen LogP contribution in [-0.4, -0.2) is 31.6 Å². The van der Waals surface area contributed by atoms with Gasteiger partial charge in [0.1, 0.15) is 5.54 Å². The van der Waals surface area contributed by atoms with Crippen LogP contribution in [0.5, 0.6) is 0 Å². The summed E-state index contributed by atoms with van der Waals surface area (Å²) in [6, 6.07) is 3.04. The zero-order valence-corrected chi connectivity index (χ0v) is 12.4. The van der Waals surface area contributed by atoms with E-state index in [-0.39, 0.29) is 11.2 Å². The maximum atomic E-state index is 11.4. The number of thioether (sulfide) groups is 1. The Hall–Kier alpha value is -1.26. The first-order valence-corrected chi connectivity index (χ1v) is 7.97. The van der Waals surface area contributed by atoms with Crippen LogP contribution in [0.2, 0.25) is 0 Å². The number of aromatic nitrogens is 3. The second-order valence-electron chi connectivity index (χ2n) is 5.82. The Morgan fingerprint density at radius 2 is 2.35 bits per heavy atom. The number of nitrogens with one attached hydrogen (secondary N) is 2. The van der Waals surface area contributed by atoms with Crippen LogP contribution < -0.4 is 11.0 Å². The Morgan fingerprint density at radius 1 is 1.55 bits per heavy atom. The molecule has 2 N–H and O–H groups in total. The molecule has 0 aliphatic heterocycles. The summed E-state index contributed by atoms with van der Waals surface area (Å²) < 4.78 is 1.53. The molecule has 2 saturated carbocycles. The molecule has 1 heterocycles. The summed E-state index contributed by atoms with van der Waals surface area (Å²) in [6.45, 7) is 0. The van der Waals surface area contributed by atoms with E-state index in [0.29, 0.717) is 16.4 Å². The van der Waals surface area contributed by atoms with E-state index in [0.717, 1.165) is 25.7 Å². The van der Waals surface area contributed by atoms with Gasteiger partial charge >= 0.3 is 5.69 Å². The van der Waals surface area contributed by atoms with Crippen LogP contribution in [0.1, 0.15) is 38.5 Å². The minimum atomic E-state index is -0.383. The summed E-state index contributed by atoms with van der Waals surface area (Å²) >= 11 is 1.61. The molecule has 2 aliphatic rings. The Morgan fingerprint density at radius 3 is 2.95 bits per heavy atom. The minimum absolute atomic E-state index is 0.189. The Bertz CT molecular complexity index is 584. The molecule has 2 unspecified atom stereocenters. The molecule has 0 bridgehead atoms. The van der Waals surface area contributed by atoms with Gasteiger partial charge in [-0.15, -0.1) is 5.10 Å². The van der Waals surface area contributed by atoms with Gasteiger partial charge in [-0.2, -0.15) is 5.26 Å². The SMILES string of the molecule is Cn1c(SC2CCCC(C#N)(NC3CC3)C2)n[nH]c1=O. The first-order chi connectivity index (χ1) is 9.62. The standard InChI is InChI=1S/C13H19N5OS/c1-18-11(19)16-17-12(18)20-10-3-2-6-13(7-10,8-14)15-9-4-5-9/h9-10,15H,2-7H2,1H3,(H,16,19). The molecule has 0 spiro atoms. The predicted molar refractivity (Wildman–Crippen MR) is 76.4 cm³/mol. The Kier molecular flexibility index (Phi) is 3.61. The highest BCUT2D eigenvalue weighted by Crippen LogP contribution is 2.38. The third-order valence-electron chi connectivity index (χ3n) is 4.09. The molecule has 0 aromatic carbocycles. The first kappa shape index (κ1) is 13.7. The van der Waals surface area contributed by atoms with Crippen LogP contribution in [0, 0.1) is 11.3 Å². The summed E-state index contributed by atoms with van der Waals surface area (Å²) in [6.07, 6.45) is 6.25. The lowest BCUT2D eigenvalue weighted by molar-refractivity contribution is 0.301. The maximum absolute atomic E-state index is 11.4. The number of hydrogen-bond acceptors (Lipinski definition) is 5. The molecule has 1 aromatic heterocycles. The zero-order valence-electron chi connectivity index (χ0n) is 11.6. The average Bonchev–Trinajstić information content (AvgIpc) is 3.20. The number of hydrogen-bond donors (Lipinski definition) is 2. The molecule has 108 valence electrons. The van der Waals surface area contributed by atoms with Crippen LogP contribution in [0.15, 0.2) is 9.95 Å². The van der Waals surface area contributed by atoms with Crippen LogP contribution in [0.4, 0.5) is 0 Å². The fourth-order valence-corrected chi connectivity index (χ4v) is 4.09. The summed E-state index contributed by atoms with van der Waals surface area (Å²) in [5, 5.41) is 20.6. The third kappa shape index (κ3) is 2.76. The van der Waals surface area contributed by atoms with Crippen LogP contribution in [0.25, 0.3) is 0 Å². The van der Waals surface area contributed by atoms with Crippen molar-refractivity contribution >= 4 is 11.8 Å². The molecular weight excluding hydrogens is 274 g/mol. The molecule has 7 heteroatoms. The summed E-state index contributed by atoms with van der Waals surface area (Å²) in [7, 11) is 1.72. The molecule has 2 fully saturated rings. The van der Waals surface area contributed by atoms with Crippen LogP contribution in [-0.2, 0) is 7.05 Å². The molecule has 2 aliphatic carbocycles. The topological polar surface area (TPSA) is 86.5 Å². The number of rotatable bonds is 4. The number of nitrogens with zero attached hydrogens (tertiary/aromatic N) is 3. The number of aromatic amines is 1. The van der Waals surface area contributed by atoms with Crippen LogP contribution >= 0.6 is 11.8 Å². The Balaban J connectivity index is 1.69. The van der Waals surface area contributed by atoms with Gasteiger partial charge in [0.15, 0.2) is 5.16 Å². The van der Waals surface area contributed by atoms with E-state index in [1.54, 1.807) is 18.8 Å². The lowest BCUT2D eigenvalue weighted by atomic mass is 9.82. The minimum Gasteiger partial charge on any atom is -0.297 e. The fourth-order valence-electron chi connectivity index (χ4n) is 2.80. The highest BCUT2D eigenvalue weighted by Gasteiger charge is 2.41. The molecule has 6 nitrogen and oxygen atoms in total. The highest BCUT2D eigenvalue weighted by molar-refractivity contribution is 7.99. The predicted octanol–water partition coefficient (Wildman–Crippen LogP) is 1.16. The van der Waals surface area contributed by atoms with Crippen molar-refractivity contribution in [2.24, 2.45) is 7.05 Å². The van der Waals surface area contributed by atoms with Crippen molar-refractivity contribution in [2.45, 2.75) is 60.5 Å². The van der Waals surface area contributed by atoms with Crippen molar-refractivity contribution in [1.29, 1.82) is 5.26 Å². The molecule has 3 rings (SSSR count). The van der Waals surface area contributed by atoms with E-state index in [2.05, 4.69) is 21.6 Å². The second-order valence-corrected chi connectivity index (χ2v) is 7.09. The van der Waals surface area contributed by atoms with Gasteiger partial charge in [0.2, 0.25) is 0 Å². The van der Waals surface area contributed by atoms with Crippen molar-refractivity contribution < 1.29 is 0 Å². The summed E-state index contributed by atoms with van der Waals surface area (Å²) in [5.41, 5.74) is -0.572. The van der Waals surface area contributed by atoms with Gasteiger partial charge in [-0.25, -0.2) is 9.89 Å². The van der Waals surface area contributed by atoms with Gasteiger partial charge in [-0.05, 0) is 38.5 Å². The van der Waals surface area contributed by atoms with Crippen molar-refractivity contribution in [1.82, 2.24) is 20.1 Å². The molecule has 0 radical (unpaired) electrons. The molecule has 2 atom stereocenters. The van der Waals surface area contributed by atoms with E-state index < -0.39 is 0 Å². The second kappa shape index (κ2) is 5.26. The molecular formula is C13H19N5OS. The average molecular weight is 293 g/mol. The number of nitriles is 1. The Labute approximate surface area is 121 Å². The van der Waals surface area contributed by atoms with Gasteiger partial charge in [-0.1, -0.05) is 11.8 Å². The smallest absolute Gasteiger partial charge is 0.297 e. The number of H-pyrrole nitrogens is 1. The molecule has 0 amide bonds. The van der Waals surface area contributed by atoms with Crippen LogP contribution in [0.3, 0.4) is 0 Å². The monoisotopic (exact) mass is 293 g/mol. The zero-order chi connectivity index (χ0) is 14.2. The van der Waals surface area contributed by atoms with Crippen molar-refractivity contribution in [3.63, 3.8) is 0 Å². The normalized spacial score (nSPS) is 30.1. The van der Waals surface area contributed by atoms with E-state index in [1.807, 2.05) is 0 Å². The van der Waals surface area contributed by atoms with E-state index in [1.165, 1.54) is 17.4 Å². The van der Waals surface area contributed by atoms with Gasteiger partial charge in [0, 0.05) is 18.3 Å². The van der Waals surface area contributed by atoms with E-state index in [9.17, 15) is 10.1 Å². The van der Waals surface area contributed by atoms with Crippen molar-refractivity contribution in [3.8, 4) is 6.07 Å². The van der Waals surface area contributed by atoms with E-state index >= 15 is 0 Å². The van der Waals surface area contributed by atoms with E-state index in [4.69, 9.17) is 0 Å². The third-order valence-corrected chi connectivity index (χ3v) is 5.40. The summed E-state index contributed by atoms with van der Waals surface area (Å²) in [5.74, 6) is 0. The fraction of sp³-hybridized carbons (Fsp3) is 0.769.